The molecule has 2 saturated heterocycles. The van der Waals surface area contributed by atoms with Crippen molar-refractivity contribution in [2.24, 2.45) is 11.8 Å². The summed E-state index contributed by atoms with van der Waals surface area (Å²) in [7, 11) is -5.34. The van der Waals surface area contributed by atoms with Gasteiger partial charge >= 0.3 is 15.5 Å². The Labute approximate surface area is 241 Å². The van der Waals surface area contributed by atoms with Gasteiger partial charge in [-0.25, -0.2) is 13.4 Å². The highest BCUT2D eigenvalue weighted by Crippen LogP contribution is 2.45. The summed E-state index contributed by atoms with van der Waals surface area (Å²) in [6, 6.07) is 11.2. The summed E-state index contributed by atoms with van der Waals surface area (Å²) in [5.74, 6) is 0.342. The summed E-state index contributed by atoms with van der Waals surface area (Å²) in [4.78, 5) is 16.9. The lowest BCUT2D eigenvalue weighted by molar-refractivity contribution is -0.126. The van der Waals surface area contributed by atoms with Gasteiger partial charge in [0, 0.05) is 54.8 Å². The van der Waals surface area contributed by atoms with Crippen LogP contribution in [0.25, 0.3) is 0 Å². The lowest BCUT2D eigenvalue weighted by atomic mass is 9.65. The molecule has 1 aromatic heterocycles. The first-order chi connectivity index (χ1) is 18.9. The third-order valence-electron chi connectivity index (χ3n) is 8.55. The molecule has 1 aromatic carbocycles. The van der Waals surface area contributed by atoms with Crippen molar-refractivity contribution in [2.45, 2.75) is 68.1 Å². The average Bonchev–Trinajstić information content (AvgIpc) is 2.91. The zero-order valence-corrected chi connectivity index (χ0v) is 23.9. The third-order valence-corrected chi connectivity index (χ3v) is 10.7. The summed E-state index contributed by atoms with van der Waals surface area (Å²) in [6.45, 7) is -0.422. The lowest BCUT2D eigenvalue weighted by Crippen LogP contribution is -2.60. The van der Waals surface area contributed by atoms with Gasteiger partial charge in [-0.2, -0.15) is 17.5 Å². The van der Waals surface area contributed by atoms with Crippen LogP contribution in [0.2, 0.25) is 10.2 Å². The fourth-order valence-corrected chi connectivity index (χ4v) is 7.88. The van der Waals surface area contributed by atoms with Crippen molar-refractivity contribution in [3.05, 3.63) is 63.9 Å². The van der Waals surface area contributed by atoms with Crippen LogP contribution in [0.3, 0.4) is 0 Å². The monoisotopic (exact) mass is 618 g/mol. The normalized spacial score (nSPS) is 27.6. The molecule has 218 valence electrons. The van der Waals surface area contributed by atoms with Gasteiger partial charge in [-0.3, -0.25) is 4.79 Å². The molecular weight excluding hydrogens is 588 g/mol. The van der Waals surface area contributed by atoms with Crippen molar-refractivity contribution in [2.75, 3.05) is 13.1 Å². The van der Waals surface area contributed by atoms with Crippen molar-refractivity contribution in [3.8, 4) is 0 Å². The molecule has 13 heteroatoms. The van der Waals surface area contributed by atoms with Gasteiger partial charge < -0.3 is 10.6 Å². The number of benzene rings is 1. The van der Waals surface area contributed by atoms with Gasteiger partial charge in [-0.1, -0.05) is 41.4 Å². The summed E-state index contributed by atoms with van der Waals surface area (Å²) in [5, 5.41) is 7.75. The molecule has 1 saturated carbocycles. The number of amides is 1. The second-order valence-electron chi connectivity index (χ2n) is 11.0. The highest BCUT2D eigenvalue weighted by molar-refractivity contribution is 7.90. The van der Waals surface area contributed by atoms with E-state index >= 15 is 0 Å². The molecule has 3 heterocycles. The molecule has 5 unspecified atom stereocenters. The van der Waals surface area contributed by atoms with E-state index in [2.05, 4.69) is 15.6 Å². The van der Waals surface area contributed by atoms with Gasteiger partial charge in [0.15, 0.2) is 0 Å². The Hall–Kier alpha value is -1.92. The van der Waals surface area contributed by atoms with Crippen LogP contribution in [0.4, 0.5) is 13.2 Å². The number of rotatable bonds is 6. The third kappa shape index (κ3) is 6.28. The molecule has 7 nitrogen and oxygen atoms in total. The molecule has 3 fully saturated rings. The molecular formula is C27H31Cl2F3N4O3S. The summed E-state index contributed by atoms with van der Waals surface area (Å²) < 4.78 is 63.1. The zero-order valence-electron chi connectivity index (χ0n) is 21.6. The second-order valence-corrected chi connectivity index (χ2v) is 13.7. The number of carbonyl (C=O) groups excluding carboxylic acids is 1. The number of sulfonamides is 1. The van der Waals surface area contributed by atoms with Crippen LogP contribution in [-0.2, 0) is 14.8 Å². The fraction of sp³-hybridized carbons (Fsp3) is 0.556. The van der Waals surface area contributed by atoms with Gasteiger partial charge in [0.25, 0.3) is 0 Å². The number of aromatic nitrogens is 1. The van der Waals surface area contributed by atoms with Crippen LogP contribution in [0.15, 0.2) is 42.6 Å². The number of alkyl halides is 3. The summed E-state index contributed by atoms with van der Waals surface area (Å²) in [6.07, 6.45) is 5.07. The van der Waals surface area contributed by atoms with Gasteiger partial charge in [-0.15, -0.1) is 0 Å². The minimum Gasteiger partial charge on any atom is -0.353 e. The molecule has 2 N–H and O–H groups in total. The van der Waals surface area contributed by atoms with Crippen molar-refractivity contribution in [3.63, 3.8) is 0 Å². The van der Waals surface area contributed by atoms with Crippen molar-refractivity contribution < 1.29 is 26.4 Å². The minimum absolute atomic E-state index is 0.00472. The Morgan fingerprint density at radius 1 is 1.00 bits per heavy atom. The van der Waals surface area contributed by atoms with Crippen molar-refractivity contribution in [1.29, 1.82) is 0 Å². The van der Waals surface area contributed by atoms with E-state index in [1.165, 1.54) is 0 Å². The van der Waals surface area contributed by atoms with Gasteiger partial charge in [0.05, 0.1) is 0 Å². The van der Waals surface area contributed by atoms with Gasteiger partial charge in [0.1, 0.15) is 5.15 Å². The Morgan fingerprint density at radius 2 is 1.68 bits per heavy atom. The van der Waals surface area contributed by atoms with E-state index in [1.807, 2.05) is 30.3 Å². The highest BCUT2D eigenvalue weighted by Gasteiger charge is 2.51. The highest BCUT2D eigenvalue weighted by atomic mass is 35.5. The molecule has 2 aromatic rings. The molecule has 5 rings (SSSR count). The lowest BCUT2D eigenvalue weighted by Gasteiger charge is -2.47. The molecule has 40 heavy (non-hydrogen) atoms. The predicted octanol–water partition coefficient (Wildman–Crippen LogP) is 5.10. The average molecular weight is 620 g/mol. The predicted molar refractivity (Wildman–Crippen MR) is 146 cm³/mol. The molecule has 0 radical (unpaired) electrons. The standard InChI is InChI=1S/C27H31Cl2F3N4O3S/c28-19-5-1-16(2-6-19)26(18-4-8-24(29)33-15-18)17-3-7-22-21(13-17)23(14-25(37)35-22)34-20-9-11-36(12-10-20)40(38,39)27(30,31)32/h1-2,4-6,8,15,17,20-23,26,34H,3,7,9-14H2,(H,35,37). The molecule has 3 aliphatic rings. The van der Waals surface area contributed by atoms with E-state index in [-0.39, 0.29) is 74.1 Å². The molecule has 1 amide bonds. The summed E-state index contributed by atoms with van der Waals surface area (Å²) in [5.41, 5.74) is -3.16. The number of nitrogens with zero attached hydrogens (tertiary/aromatic N) is 2. The van der Waals surface area contributed by atoms with Gasteiger partial charge in [-0.05, 0) is 73.3 Å². The van der Waals surface area contributed by atoms with Crippen LogP contribution < -0.4 is 10.6 Å². The van der Waals surface area contributed by atoms with Crippen molar-refractivity contribution >= 4 is 39.1 Å². The summed E-state index contributed by atoms with van der Waals surface area (Å²) >= 11 is 12.2. The zero-order chi connectivity index (χ0) is 28.7. The number of halogens is 5. The first-order valence-corrected chi connectivity index (χ1v) is 15.6. The Morgan fingerprint density at radius 3 is 2.30 bits per heavy atom. The first-order valence-electron chi connectivity index (χ1n) is 13.4. The van der Waals surface area contributed by atoms with Crippen LogP contribution >= 0.6 is 23.2 Å². The molecule has 2 aliphatic heterocycles. The Kier molecular flexibility index (Phi) is 8.69. The molecule has 0 bridgehead atoms. The number of pyridine rings is 1. The number of hydrogen-bond donors (Lipinski definition) is 2. The smallest absolute Gasteiger partial charge is 0.353 e. The van der Waals surface area contributed by atoms with Gasteiger partial charge in [0.2, 0.25) is 5.91 Å². The molecule has 0 spiro atoms. The molecule has 1 aliphatic carbocycles. The van der Waals surface area contributed by atoms with E-state index in [0.717, 1.165) is 30.4 Å². The quantitative estimate of drug-likeness (QED) is 0.440. The maximum absolute atomic E-state index is 13.0. The number of piperidine rings is 2. The number of hydrogen-bond acceptors (Lipinski definition) is 5. The number of fused-ring (bicyclic) bond motifs is 1. The van der Waals surface area contributed by atoms with E-state index in [4.69, 9.17) is 23.2 Å². The van der Waals surface area contributed by atoms with Crippen LogP contribution in [0, 0.1) is 11.8 Å². The maximum Gasteiger partial charge on any atom is 0.511 e. The maximum atomic E-state index is 13.0. The number of carbonyl (C=O) groups is 1. The molecule has 5 atom stereocenters. The van der Waals surface area contributed by atoms with Crippen LogP contribution in [0.1, 0.15) is 55.6 Å². The minimum atomic E-state index is -5.34. The Bertz CT molecular complexity index is 1260. The topological polar surface area (TPSA) is 91.4 Å². The Balaban J connectivity index is 1.33. The van der Waals surface area contributed by atoms with E-state index in [0.29, 0.717) is 14.5 Å². The van der Waals surface area contributed by atoms with E-state index in [1.54, 1.807) is 12.3 Å². The van der Waals surface area contributed by atoms with Crippen molar-refractivity contribution in [1.82, 2.24) is 19.9 Å². The van der Waals surface area contributed by atoms with Crippen LogP contribution in [-0.4, -0.2) is 60.3 Å². The van der Waals surface area contributed by atoms with E-state index in [9.17, 15) is 26.4 Å². The largest absolute Gasteiger partial charge is 0.511 e. The first kappa shape index (κ1) is 29.6. The SMILES string of the molecule is O=C1CC(NC2CCN(S(=O)(=O)C(F)(F)F)CC2)C2CC(C(c3ccc(Cl)cc3)c3ccc(Cl)nc3)CCC2N1. The van der Waals surface area contributed by atoms with Crippen LogP contribution in [0.5, 0.6) is 0 Å². The van der Waals surface area contributed by atoms with E-state index < -0.39 is 15.5 Å². The second kappa shape index (κ2) is 11.8. The number of nitrogens with one attached hydrogen (secondary N) is 2. The fourth-order valence-electron chi connectivity index (χ4n) is 6.66.